The fourth-order valence-corrected chi connectivity index (χ4v) is 3.58. The maximum atomic E-state index is 13.3. The van der Waals surface area contributed by atoms with Crippen LogP contribution in [0.25, 0.3) is 0 Å². The first-order chi connectivity index (χ1) is 14.4. The number of ketones is 1. The molecule has 1 aliphatic heterocycles. The highest BCUT2D eigenvalue weighted by molar-refractivity contribution is 9.10. The third-order valence-electron chi connectivity index (χ3n) is 4.83. The molecule has 9 heteroatoms. The van der Waals surface area contributed by atoms with E-state index < -0.39 is 5.82 Å². The molecule has 1 aliphatic rings. The molecule has 2 amide bonds. The van der Waals surface area contributed by atoms with Crippen molar-refractivity contribution in [2.75, 3.05) is 23.7 Å². The number of carbonyl (C=O) groups is 2. The Bertz CT molecular complexity index is 1030. The summed E-state index contributed by atoms with van der Waals surface area (Å²) in [5.41, 5.74) is 1.43. The first kappa shape index (κ1) is 21.5. The highest BCUT2D eigenvalue weighted by atomic mass is 79.9. The van der Waals surface area contributed by atoms with E-state index in [2.05, 4.69) is 26.6 Å². The second-order valence-corrected chi connectivity index (χ2v) is 7.73. The Morgan fingerprint density at radius 2 is 1.83 bits per heavy atom. The predicted molar refractivity (Wildman–Crippen MR) is 115 cm³/mol. The molecule has 30 heavy (non-hydrogen) atoms. The molecule has 3 N–H and O–H groups in total. The molecule has 1 fully saturated rings. The van der Waals surface area contributed by atoms with Crippen molar-refractivity contribution in [2.45, 2.75) is 12.8 Å². The van der Waals surface area contributed by atoms with Gasteiger partial charge < -0.3 is 15.5 Å². The fourth-order valence-electron chi connectivity index (χ4n) is 3.20. The number of benzene rings is 2. The lowest BCUT2D eigenvalue weighted by Gasteiger charge is -2.31. The lowest BCUT2D eigenvalue weighted by molar-refractivity contribution is -0.117. The molecule has 154 valence electrons. The van der Waals surface area contributed by atoms with Gasteiger partial charge in [-0.1, -0.05) is 6.07 Å². The number of halogens is 2. The van der Waals surface area contributed by atoms with Crippen LogP contribution in [0.2, 0.25) is 0 Å². The predicted octanol–water partition coefficient (Wildman–Crippen LogP) is 4.36. The summed E-state index contributed by atoms with van der Waals surface area (Å²) in [6, 6.07) is 12.5. The van der Waals surface area contributed by atoms with Crippen LogP contribution in [0.4, 0.5) is 20.6 Å². The number of nitrogens with one attached hydrogen (secondary N) is 3. The average molecular weight is 472 g/mol. The van der Waals surface area contributed by atoms with Gasteiger partial charge >= 0.3 is 6.03 Å². The lowest BCUT2D eigenvalue weighted by atomic mass is 9.92. The summed E-state index contributed by atoms with van der Waals surface area (Å²) in [4.78, 5) is 26.6. The molecule has 0 unspecified atom stereocenters. The minimum atomic E-state index is -0.427. The second kappa shape index (κ2) is 9.50. The molecule has 3 rings (SSSR count). The van der Waals surface area contributed by atoms with Gasteiger partial charge in [-0.25, -0.2) is 9.18 Å². The molecule has 0 saturated carbocycles. The molecule has 1 saturated heterocycles. The number of nitriles is 1. The van der Waals surface area contributed by atoms with Crippen LogP contribution in [0, 0.1) is 28.5 Å². The third kappa shape index (κ3) is 5.21. The van der Waals surface area contributed by atoms with Crippen molar-refractivity contribution in [3.05, 3.63) is 58.3 Å². The van der Waals surface area contributed by atoms with E-state index in [0.29, 0.717) is 42.9 Å². The van der Waals surface area contributed by atoms with Crippen LogP contribution in [-0.2, 0) is 4.79 Å². The van der Waals surface area contributed by atoms with E-state index in [4.69, 9.17) is 10.7 Å². The number of Topliss-reactive ketones (excluding diaryl/α,β-unsaturated/α-hetero) is 1. The number of urea groups is 1. The number of anilines is 2. The highest BCUT2D eigenvalue weighted by Gasteiger charge is 2.29. The number of hydrogen-bond acceptors (Lipinski definition) is 4. The van der Waals surface area contributed by atoms with E-state index in [9.17, 15) is 14.0 Å². The van der Waals surface area contributed by atoms with Crippen LogP contribution < -0.4 is 10.6 Å². The molecule has 0 atom stereocenters. The van der Waals surface area contributed by atoms with Crippen molar-refractivity contribution in [3.8, 4) is 6.07 Å². The number of likely N-dealkylation sites (tertiary alicyclic amines) is 1. The van der Waals surface area contributed by atoms with E-state index in [0.717, 1.165) is 0 Å². The van der Waals surface area contributed by atoms with E-state index in [1.165, 1.54) is 18.2 Å². The monoisotopic (exact) mass is 471 g/mol. The summed E-state index contributed by atoms with van der Waals surface area (Å²) < 4.78 is 13.6. The number of amidine groups is 1. The summed E-state index contributed by atoms with van der Waals surface area (Å²) in [6.07, 6.45) is 0.892. The van der Waals surface area contributed by atoms with E-state index in [-0.39, 0.29) is 28.0 Å². The molecule has 2 aromatic rings. The topological polar surface area (TPSA) is 109 Å². The zero-order chi connectivity index (χ0) is 21.7. The normalized spacial score (nSPS) is 14.0. The molecule has 0 spiro atoms. The van der Waals surface area contributed by atoms with Gasteiger partial charge in [-0.3, -0.25) is 10.2 Å². The molecule has 1 heterocycles. The number of hydrogen-bond donors (Lipinski definition) is 3. The van der Waals surface area contributed by atoms with Crippen molar-refractivity contribution in [2.24, 2.45) is 5.92 Å². The highest BCUT2D eigenvalue weighted by Crippen LogP contribution is 2.22. The van der Waals surface area contributed by atoms with Crippen molar-refractivity contribution in [3.63, 3.8) is 0 Å². The van der Waals surface area contributed by atoms with Gasteiger partial charge in [0.15, 0.2) is 5.84 Å². The van der Waals surface area contributed by atoms with Gasteiger partial charge in [0.25, 0.3) is 0 Å². The standard InChI is InChI=1S/C21H19BrFN5O2/c22-17-11-16(4-5-18(17)23)26-20(25)19(29)14-6-8-28(9-7-14)21(30)27-15-3-1-2-13(10-15)12-24/h1-5,10-11,14H,6-9H2,(H2,25,26)(H,27,30). The minimum absolute atomic E-state index is 0.243. The molecule has 0 aromatic heterocycles. The SMILES string of the molecule is N#Cc1cccc(NC(=O)N2CCC(C(=O)C(=N)Nc3ccc(F)c(Br)c3)CC2)c1. The molecular weight excluding hydrogens is 453 g/mol. The molecule has 0 aliphatic carbocycles. The maximum absolute atomic E-state index is 13.3. The Hall–Kier alpha value is -3.25. The number of amides is 2. The quantitative estimate of drug-likeness (QED) is 0.454. The van der Waals surface area contributed by atoms with Crippen molar-refractivity contribution in [1.29, 1.82) is 10.7 Å². The van der Waals surface area contributed by atoms with Crippen molar-refractivity contribution in [1.82, 2.24) is 4.90 Å². The van der Waals surface area contributed by atoms with Gasteiger partial charge in [0, 0.05) is 30.4 Å². The fraction of sp³-hybridized carbons (Fsp3) is 0.238. The van der Waals surface area contributed by atoms with Gasteiger partial charge in [-0.2, -0.15) is 5.26 Å². The van der Waals surface area contributed by atoms with Gasteiger partial charge in [0.1, 0.15) is 5.82 Å². The van der Waals surface area contributed by atoms with Gasteiger partial charge in [-0.05, 0) is 65.2 Å². The van der Waals surface area contributed by atoms with E-state index in [1.807, 2.05) is 6.07 Å². The average Bonchev–Trinajstić information content (AvgIpc) is 2.76. The molecule has 0 radical (unpaired) electrons. The van der Waals surface area contributed by atoms with Gasteiger partial charge in [0.05, 0.1) is 16.1 Å². The van der Waals surface area contributed by atoms with Crippen LogP contribution in [0.3, 0.4) is 0 Å². The van der Waals surface area contributed by atoms with Crippen LogP contribution >= 0.6 is 15.9 Å². The lowest BCUT2D eigenvalue weighted by Crippen LogP contribution is -2.44. The Morgan fingerprint density at radius 1 is 1.13 bits per heavy atom. The van der Waals surface area contributed by atoms with Crippen LogP contribution in [-0.4, -0.2) is 35.6 Å². The van der Waals surface area contributed by atoms with Crippen LogP contribution in [0.15, 0.2) is 46.9 Å². The number of nitrogens with zero attached hydrogens (tertiary/aromatic N) is 2. The number of piperidine rings is 1. The Balaban J connectivity index is 1.52. The first-order valence-corrected chi connectivity index (χ1v) is 10.1. The maximum Gasteiger partial charge on any atom is 0.321 e. The summed E-state index contributed by atoms with van der Waals surface area (Å²) in [7, 11) is 0. The Morgan fingerprint density at radius 3 is 2.50 bits per heavy atom. The minimum Gasteiger partial charge on any atom is -0.338 e. The second-order valence-electron chi connectivity index (χ2n) is 6.88. The van der Waals surface area contributed by atoms with Crippen molar-refractivity contribution >= 4 is 45.0 Å². The zero-order valence-electron chi connectivity index (χ0n) is 15.9. The van der Waals surface area contributed by atoms with Crippen LogP contribution in [0.5, 0.6) is 0 Å². The Labute approximate surface area is 181 Å². The summed E-state index contributed by atoms with van der Waals surface area (Å²) in [6.45, 7) is 0.769. The first-order valence-electron chi connectivity index (χ1n) is 9.28. The molecular formula is C21H19BrFN5O2. The van der Waals surface area contributed by atoms with Crippen molar-refractivity contribution < 1.29 is 14.0 Å². The Kier molecular flexibility index (Phi) is 6.79. The molecule has 2 aromatic carbocycles. The molecule has 0 bridgehead atoms. The molecule has 7 nitrogen and oxygen atoms in total. The van der Waals surface area contributed by atoms with E-state index >= 15 is 0 Å². The number of carbonyl (C=O) groups excluding carboxylic acids is 2. The zero-order valence-corrected chi connectivity index (χ0v) is 17.5. The van der Waals surface area contributed by atoms with E-state index in [1.54, 1.807) is 29.2 Å². The summed E-state index contributed by atoms with van der Waals surface area (Å²) in [5.74, 6) is -1.38. The summed E-state index contributed by atoms with van der Waals surface area (Å²) >= 11 is 3.07. The van der Waals surface area contributed by atoms with Gasteiger partial charge in [0.2, 0.25) is 5.78 Å². The third-order valence-corrected chi connectivity index (χ3v) is 5.44. The number of rotatable bonds is 4. The smallest absolute Gasteiger partial charge is 0.321 e. The largest absolute Gasteiger partial charge is 0.338 e. The summed E-state index contributed by atoms with van der Waals surface area (Å²) in [5, 5.41) is 22.4. The van der Waals surface area contributed by atoms with Crippen LogP contribution in [0.1, 0.15) is 18.4 Å². The van der Waals surface area contributed by atoms with Gasteiger partial charge in [-0.15, -0.1) is 0 Å².